The minimum absolute atomic E-state index is 0.0718. The van der Waals surface area contributed by atoms with Crippen LogP contribution in [-0.4, -0.2) is 118 Å². The number of aliphatic carboxylic acids is 1. The van der Waals surface area contributed by atoms with Gasteiger partial charge in [0.25, 0.3) is 0 Å². The zero-order chi connectivity index (χ0) is 31.9. The number of fused-ring (bicyclic) bond motifs is 1. The van der Waals surface area contributed by atoms with Crippen LogP contribution < -0.4 is 31.0 Å². The molecule has 2 saturated heterocycles. The van der Waals surface area contributed by atoms with Gasteiger partial charge >= 0.3 is 198 Å². The first kappa shape index (κ1) is 34.7. The number of hydrogen-bond donors (Lipinski definition) is 1. The Morgan fingerprint density at radius 3 is 2.59 bits per heavy atom. The van der Waals surface area contributed by atoms with Crippen LogP contribution in [0.25, 0.3) is 0 Å². The monoisotopic (exact) mass is 728 g/mol. The Hall–Kier alpha value is -2.12. The van der Waals surface area contributed by atoms with Crippen LogP contribution in [0.15, 0.2) is 12.1 Å². The third kappa shape index (κ3) is 9.22. The second-order valence-corrected chi connectivity index (χ2v) is 17.9. The van der Waals surface area contributed by atoms with E-state index in [0.29, 0.717) is 44.0 Å². The summed E-state index contributed by atoms with van der Waals surface area (Å²) in [5.74, 6) is -0.298. The van der Waals surface area contributed by atoms with Crippen molar-refractivity contribution in [2.24, 2.45) is 5.92 Å². The number of rotatable bonds is 16. The smallest absolute Gasteiger partial charge is 0.275 e. The number of nitrogens with zero attached hydrogens (tertiary/aromatic N) is 4. The Balaban J connectivity index is 1.53. The third-order valence-corrected chi connectivity index (χ3v) is 12.3. The minimum atomic E-state index is -0.862. The Bertz CT molecular complexity index is 1160. The number of carbonyl (C=O) groups is 3. The molecule has 3 aliphatic rings. The second-order valence-electron chi connectivity index (χ2n) is 13.3. The van der Waals surface area contributed by atoms with Crippen molar-refractivity contribution in [1.29, 1.82) is 0 Å². The van der Waals surface area contributed by atoms with Crippen LogP contribution in [0.2, 0.25) is 0 Å². The number of likely N-dealkylation sites (tertiary alicyclic amines) is 2. The number of aryl methyl sites for hydroxylation is 1. The molecule has 4 rings (SSSR count). The molecular formula is C33H53IN4O6. The predicted octanol–water partition coefficient (Wildman–Crippen LogP) is 0.714. The number of amides is 2. The van der Waals surface area contributed by atoms with E-state index in [-0.39, 0.29) is 58.6 Å². The van der Waals surface area contributed by atoms with E-state index in [1.54, 1.807) is 0 Å². The molecule has 3 heterocycles. The van der Waals surface area contributed by atoms with Gasteiger partial charge in [-0.15, -0.1) is 0 Å². The van der Waals surface area contributed by atoms with Crippen molar-refractivity contribution in [3.05, 3.63) is 23.3 Å². The normalized spacial score (nSPS) is 22.2. The van der Waals surface area contributed by atoms with E-state index in [1.165, 1.54) is 4.43 Å². The first-order valence-corrected chi connectivity index (χ1v) is 18.8. The number of benzene rings is 1. The van der Waals surface area contributed by atoms with Crippen LogP contribution >= 0.6 is 0 Å². The van der Waals surface area contributed by atoms with Crippen LogP contribution in [0, 0.1) is 12.8 Å². The van der Waals surface area contributed by atoms with Gasteiger partial charge in [-0.3, -0.25) is 4.79 Å². The molecule has 248 valence electrons. The van der Waals surface area contributed by atoms with Crippen molar-refractivity contribution >= 4 is 17.8 Å². The quantitative estimate of drug-likeness (QED) is 0.116. The molecule has 1 aromatic rings. The molecule has 0 bridgehead atoms. The first-order valence-electron chi connectivity index (χ1n) is 16.3. The fraction of sp³-hybridized carbons (Fsp3) is 0.727. The number of carbonyl (C=O) groups excluding carboxylic acids is 2. The zero-order valence-corrected chi connectivity index (χ0v) is 29.5. The number of quaternary nitrogens is 1. The molecule has 2 amide bonds. The molecular weight excluding hydrogens is 675 g/mol. The molecule has 0 saturated carbocycles. The van der Waals surface area contributed by atoms with Gasteiger partial charge < -0.3 is 9.47 Å². The van der Waals surface area contributed by atoms with Crippen LogP contribution in [0.3, 0.4) is 0 Å². The van der Waals surface area contributed by atoms with Crippen molar-refractivity contribution < 1.29 is 53.1 Å². The van der Waals surface area contributed by atoms with Crippen molar-refractivity contribution in [2.75, 3.05) is 71.6 Å². The van der Waals surface area contributed by atoms with E-state index in [4.69, 9.17) is 9.47 Å². The summed E-state index contributed by atoms with van der Waals surface area (Å²) in [6, 6.07) is 3.57. The van der Waals surface area contributed by atoms with Gasteiger partial charge in [0.15, 0.2) is 11.5 Å². The minimum Gasteiger partial charge on any atom is -0.275 e. The molecule has 0 spiro atoms. The van der Waals surface area contributed by atoms with Gasteiger partial charge in [0.05, 0.1) is 0 Å². The maximum absolute atomic E-state index is 13.9. The molecule has 3 aliphatic heterocycles. The number of ether oxygens (including phenoxy) is 2. The molecule has 1 aromatic carbocycles. The van der Waals surface area contributed by atoms with E-state index in [2.05, 4.69) is 33.0 Å². The fourth-order valence-corrected chi connectivity index (χ4v) is 9.03. The summed E-state index contributed by atoms with van der Waals surface area (Å²) in [5, 5.41) is 10.6. The number of alkyl halides is 1. The van der Waals surface area contributed by atoms with E-state index in [1.807, 2.05) is 28.9 Å². The SMILES string of the molecule is CCCCN(CCCC[I-][N+](C)(C)C)C(=O)CN1C[C@H](c2cc(C)c3c(c2)OCO3)[C@@H](C(=O)O)[C@@H]1CCN1CCCCC1=O. The molecule has 10 nitrogen and oxygen atoms in total. The van der Waals surface area contributed by atoms with Crippen LogP contribution in [0.5, 0.6) is 11.5 Å². The predicted molar refractivity (Wildman–Crippen MR) is 165 cm³/mol. The molecule has 0 unspecified atom stereocenters. The number of unbranched alkanes of at least 4 members (excludes halogenated alkanes) is 2. The number of hydrogen-bond acceptors (Lipinski definition) is 6. The maximum atomic E-state index is 13.9. The molecule has 1 N–H and O–H groups in total. The molecule has 2 fully saturated rings. The number of carboxylic acid groups (broad SMARTS) is 1. The van der Waals surface area contributed by atoms with Crippen LogP contribution in [0.4, 0.5) is 0 Å². The fourth-order valence-electron chi connectivity index (χ4n) is 6.70. The Labute approximate surface area is 274 Å². The molecule has 0 aliphatic carbocycles. The Kier molecular flexibility index (Phi) is 12.6. The Morgan fingerprint density at radius 2 is 1.89 bits per heavy atom. The van der Waals surface area contributed by atoms with Crippen molar-refractivity contribution in [3.63, 3.8) is 0 Å². The molecule has 0 aromatic heterocycles. The Morgan fingerprint density at radius 1 is 1.11 bits per heavy atom. The van der Waals surface area contributed by atoms with Gasteiger partial charge in [-0.1, -0.05) is 0 Å². The average molecular weight is 729 g/mol. The number of carboxylic acids is 1. The summed E-state index contributed by atoms with van der Waals surface area (Å²) in [7, 11) is 6.75. The first-order chi connectivity index (χ1) is 21.0. The topological polar surface area (TPSA) is 99.6 Å². The van der Waals surface area contributed by atoms with Gasteiger partial charge in [-0.25, -0.2) is 0 Å². The van der Waals surface area contributed by atoms with Crippen molar-refractivity contribution in [3.8, 4) is 11.5 Å². The second kappa shape index (κ2) is 15.9. The molecule has 44 heavy (non-hydrogen) atoms. The molecule has 11 heteroatoms. The van der Waals surface area contributed by atoms with Gasteiger partial charge in [0, 0.05) is 13.0 Å². The molecule has 0 radical (unpaired) electrons. The summed E-state index contributed by atoms with van der Waals surface area (Å²) in [4.78, 5) is 45.4. The van der Waals surface area contributed by atoms with Gasteiger partial charge in [0.1, 0.15) is 0 Å². The average Bonchev–Trinajstić information content (AvgIpc) is 3.58. The standard InChI is InChI=1S/C33H53IN4O6/c1-6-7-15-35(17-11-9-14-34-38(3,4)5)30(40)22-37-21-26(25-19-24(2)32-28(20-25)43-23-44-32)31(33(41)42)27(37)13-18-36-16-10-8-12-29(36)39/h19-20,26-27,31H,6-18,21-23H2,1-5H3,(H,41,42)/t26-,27+,31-/m1/s1. The number of piperidine rings is 1. The van der Waals surface area contributed by atoms with Crippen LogP contribution in [0.1, 0.15) is 75.3 Å². The van der Waals surface area contributed by atoms with E-state index in [9.17, 15) is 19.5 Å². The van der Waals surface area contributed by atoms with Crippen LogP contribution in [-0.2, 0) is 14.4 Å². The van der Waals surface area contributed by atoms with Crippen molar-refractivity contribution in [1.82, 2.24) is 14.7 Å². The summed E-state index contributed by atoms with van der Waals surface area (Å²) < 4.78 is 13.6. The van der Waals surface area contributed by atoms with Gasteiger partial charge in [-0.05, 0) is 25.3 Å². The number of halogens is 1. The van der Waals surface area contributed by atoms with E-state index >= 15 is 0 Å². The summed E-state index contributed by atoms with van der Waals surface area (Å²) in [5.41, 5.74) is 1.82. The van der Waals surface area contributed by atoms with E-state index in [0.717, 1.165) is 65.4 Å². The zero-order valence-electron chi connectivity index (χ0n) is 27.4. The van der Waals surface area contributed by atoms with Gasteiger partial charge in [-0.2, -0.15) is 0 Å². The molecule has 3 atom stereocenters. The van der Waals surface area contributed by atoms with Gasteiger partial charge in [0.2, 0.25) is 12.7 Å². The summed E-state index contributed by atoms with van der Waals surface area (Å²) in [6.07, 6.45) is 7.05. The summed E-state index contributed by atoms with van der Waals surface area (Å²) in [6.45, 7) is 7.62. The summed E-state index contributed by atoms with van der Waals surface area (Å²) >= 11 is 0.0718. The third-order valence-electron chi connectivity index (χ3n) is 8.99. The van der Waals surface area contributed by atoms with Crippen molar-refractivity contribution in [2.45, 2.75) is 77.2 Å². The van der Waals surface area contributed by atoms with E-state index < -0.39 is 11.9 Å².